The minimum atomic E-state index is -0.707. The second kappa shape index (κ2) is 22.0. The predicted octanol–water partition coefficient (Wildman–Crippen LogP) is 10.8. The van der Waals surface area contributed by atoms with Crippen LogP contribution in [0.15, 0.2) is 110 Å². The topological polar surface area (TPSA) is 175 Å². The van der Waals surface area contributed by atoms with E-state index in [0.717, 1.165) is 101 Å². The lowest BCUT2D eigenvalue weighted by atomic mass is 9.87. The van der Waals surface area contributed by atoms with Crippen LogP contribution in [-0.4, -0.2) is 93.1 Å². The van der Waals surface area contributed by atoms with Crippen molar-refractivity contribution in [1.82, 2.24) is 40.4 Å². The van der Waals surface area contributed by atoms with Gasteiger partial charge in [0.1, 0.15) is 23.7 Å². The number of aromatic amines is 2. The fraction of sp³-hybridized carbons (Fsp3) is 0.414. The lowest BCUT2D eigenvalue weighted by Crippen LogP contribution is -2.51. The van der Waals surface area contributed by atoms with Gasteiger partial charge in [-0.05, 0) is 101 Å². The largest absolute Gasteiger partial charge is 0.453 e. The number of hydrogen-bond acceptors (Lipinski definition) is 8. The van der Waals surface area contributed by atoms with Gasteiger partial charge >= 0.3 is 12.2 Å². The highest BCUT2D eigenvalue weighted by Gasteiger charge is 2.42. The number of carbonyl (C=O) groups is 4. The molecule has 2 aliphatic heterocycles. The summed E-state index contributed by atoms with van der Waals surface area (Å²) in [6.07, 6.45) is 9.48. The molecule has 4 aliphatic rings. The Balaban J connectivity index is 0.943. The Bertz CT molecular complexity index is 2840. The van der Waals surface area contributed by atoms with Crippen molar-refractivity contribution < 1.29 is 28.7 Å². The number of imidazole rings is 2. The van der Waals surface area contributed by atoms with Gasteiger partial charge in [-0.15, -0.1) is 0 Å². The third-order valence-corrected chi connectivity index (χ3v) is 14.5. The van der Waals surface area contributed by atoms with E-state index in [1.54, 1.807) is 0 Å². The van der Waals surface area contributed by atoms with Gasteiger partial charge in [-0.2, -0.15) is 0 Å². The molecular weight excluding hydrogens is 905 g/mol. The van der Waals surface area contributed by atoms with Crippen LogP contribution in [0.4, 0.5) is 9.59 Å². The van der Waals surface area contributed by atoms with E-state index in [4.69, 9.17) is 19.4 Å². The predicted molar refractivity (Wildman–Crippen MR) is 281 cm³/mol. The third-order valence-electron chi connectivity index (χ3n) is 14.5. The van der Waals surface area contributed by atoms with Crippen molar-refractivity contribution in [2.45, 2.75) is 104 Å². The van der Waals surface area contributed by atoms with E-state index >= 15 is 0 Å². The Hall–Kier alpha value is -7.22. The fourth-order valence-electron chi connectivity index (χ4n) is 10.5. The number of aromatic nitrogens is 4. The molecule has 3 aromatic carbocycles. The van der Waals surface area contributed by atoms with Gasteiger partial charge in [0.2, 0.25) is 11.8 Å². The normalized spacial score (nSPS) is 20.9. The number of likely N-dealkylation sites (tertiary alicyclic amines) is 2. The third kappa shape index (κ3) is 11.3. The molecule has 0 unspecified atom stereocenters. The average Bonchev–Trinajstić information content (AvgIpc) is 4.21. The molecule has 6 atom stereocenters. The number of benzene rings is 3. The van der Waals surface area contributed by atoms with Crippen molar-refractivity contribution in [3.63, 3.8) is 0 Å². The molecule has 9 rings (SSSR count). The summed E-state index contributed by atoms with van der Waals surface area (Å²) in [6.45, 7) is 22.2. The van der Waals surface area contributed by atoms with Gasteiger partial charge in [-0.1, -0.05) is 133 Å². The van der Waals surface area contributed by atoms with Crippen molar-refractivity contribution in [3.05, 3.63) is 138 Å². The molecule has 0 saturated carbocycles. The molecule has 2 fully saturated rings. The van der Waals surface area contributed by atoms with Gasteiger partial charge < -0.3 is 39.9 Å². The molecule has 4 heterocycles. The standard InChI is InChI=1S/C58H70N8O6/c1-33(2)51(63-57(69)71-9)55(67)65-31-36(6)26-49(65)53-59-29-47(61-53)43-21-17-40(18-22-43)45-25-35(5)11-15-41-16-14-39(13-12-38(45)8)28-46(41)42-19-23-44(24-20-42)48-30-60-54(62-48)50-27-37(7)32-66(50)56(68)52(34(3)4)64-58(70)72-10/h14,16-25,28-30,33-34,36-37,49-52H,5,8,11-13,15,26-27,31-32H2,1-4,6-7,9-10H3,(H,59,61)(H,60,62)(H,63,69)(H,64,70)/b45-25+/t36-,37-,49+,50+,51+,52+/m1/s1. The van der Waals surface area contributed by atoms with E-state index in [-0.39, 0.29) is 47.6 Å². The van der Waals surface area contributed by atoms with E-state index in [9.17, 15) is 19.2 Å². The number of nitrogens with one attached hydrogen (secondary N) is 4. The first-order valence-corrected chi connectivity index (χ1v) is 25.3. The zero-order chi connectivity index (χ0) is 51.4. The Kier molecular flexibility index (Phi) is 15.7. The summed E-state index contributed by atoms with van der Waals surface area (Å²) in [5.41, 5.74) is 12.5. The minimum absolute atomic E-state index is 0.118. The van der Waals surface area contributed by atoms with Gasteiger partial charge in [0, 0.05) is 36.6 Å². The molecule has 14 heteroatoms. The van der Waals surface area contributed by atoms with Crippen molar-refractivity contribution in [1.29, 1.82) is 0 Å². The van der Waals surface area contributed by atoms with E-state index in [0.29, 0.717) is 13.1 Å². The number of nitrogens with zero attached hydrogens (tertiary/aromatic N) is 4. The molecular formula is C58H70N8O6. The molecule has 14 nitrogen and oxygen atoms in total. The van der Waals surface area contributed by atoms with Crippen molar-refractivity contribution in [2.24, 2.45) is 23.7 Å². The maximum Gasteiger partial charge on any atom is 0.407 e. The Morgan fingerprint density at radius 2 is 1.11 bits per heavy atom. The summed E-state index contributed by atoms with van der Waals surface area (Å²) in [7, 11) is 2.60. The Labute approximate surface area is 423 Å². The number of H-pyrrole nitrogens is 2. The average molecular weight is 975 g/mol. The van der Waals surface area contributed by atoms with Crippen LogP contribution in [-0.2, 0) is 31.9 Å². The number of allylic oxidation sites excluding steroid dienone is 4. The molecule has 2 aromatic heterocycles. The smallest absolute Gasteiger partial charge is 0.407 e. The number of aryl methyl sites for hydroxylation is 2. The summed E-state index contributed by atoms with van der Waals surface area (Å²) >= 11 is 0. The van der Waals surface area contributed by atoms with Gasteiger partial charge in [-0.3, -0.25) is 9.59 Å². The first-order valence-electron chi connectivity index (χ1n) is 25.3. The summed E-state index contributed by atoms with van der Waals surface area (Å²) in [5, 5.41) is 5.47. The molecule has 2 saturated heterocycles. The van der Waals surface area contributed by atoms with Crippen LogP contribution in [0.5, 0.6) is 0 Å². The van der Waals surface area contributed by atoms with Gasteiger partial charge in [0.25, 0.3) is 0 Å². The summed E-state index contributed by atoms with van der Waals surface area (Å²) < 4.78 is 9.63. The van der Waals surface area contributed by atoms with Gasteiger partial charge in [0.15, 0.2) is 0 Å². The summed E-state index contributed by atoms with van der Waals surface area (Å²) in [4.78, 5) is 72.4. The number of hydrogen-bond donors (Lipinski definition) is 4. The van der Waals surface area contributed by atoms with Crippen LogP contribution < -0.4 is 10.6 Å². The number of ether oxygens (including phenoxy) is 2. The highest BCUT2D eigenvalue weighted by molar-refractivity contribution is 5.87. The number of amides is 4. The number of carbonyl (C=O) groups excluding carboxylic acids is 4. The number of alkyl carbamates (subject to hydrolysis) is 2. The quantitative estimate of drug-likeness (QED) is 0.0955. The fourth-order valence-corrected chi connectivity index (χ4v) is 10.5. The monoisotopic (exact) mass is 975 g/mol. The number of fused-ring (bicyclic) bond motifs is 8. The van der Waals surface area contributed by atoms with Crippen LogP contribution >= 0.6 is 0 Å². The van der Waals surface area contributed by atoms with E-state index in [1.165, 1.54) is 30.9 Å². The Morgan fingerprint density at radius 1 is 0.639 bits per heavy atom. The van der Waals surface area contributed by atoms with Crippen molar-refractivity contribution in [3.8, 4) is 33.6 Å². The molecule has 4 N–H and O–H groups in total. The van der Waals surface area contributed by atoms with Crippen molar-refractivity contribution in [2.75, 3.05) is 27.3 Å². The van der Waals surface area contributed by atoms with E-state index in [2.05, 4.69) is 120 Å². The van der Waals surface area contributed by atoms with Crippen LogP contribution in [0.3, 0.4) is 0 Å². The molecule has 2 bridgehead atoms. The van der Waals surface area contributed by atoms with Crippen LogP contribution in [0.1, 0.15) is 108 Å². The molecule has 4 amide bonds. The lowest BCUT2D eigenvalue weighted by molar-refractivity contribution is -0.136. The molecule has 72 heavy (non-hydrogen) atoms. The number of rotatable bonds is 12. The SMILES string of the molecule is C=C1/C=C(/c2ccc(-c3c[nH]c([C@@H]4C[C@@H](C)CN4C(=O)[C@@H](NC(=O)OC)C(C)C)n3)cc2)C(=C)CCc2ccc(c(-c3ccc(-c4c[nH]c([C@@H]5C[C@@H](C)CN5C(=O)[C@@H](NC(=O)OC)C(C)C)n4)cc3)c2)CC1. The molecule has 0 spiro atoms. The minimum Gasteiger partial charge on any atom is -0.453 e. The number of methoxy groups -OCH3 is 2. The first-order chi connectivity index (χ1) is 34.5. The summed E-state index contributed by atoms with van der Waals surface area (Å²) in [6, 6.07) is 21.9. The molecule has 0 radical (unpaired) electrons. The Morgan fingerprint density at radius 3 is 1.58 bits per heavy atom. The van der Waals surface area contributed by atoms with Crippen molar-refractivity contribution >= 4 is 29.6 Å². The second-order valence-corrected chi connectivity index (χ2v) is 20.7. The van der Waals surface area contributed by atoms with Gasteiger partial charge in [0.05, 0.1) is 37.7 Å². The van der Waals surface area contributed by atoms with Crippen LogP contribution in [0.2, 0.25) is 0 Å². The maximum absolute atomic E-state index is 13.8. The highest BCUT2D eigenvalue weighted by Crippen LogP contribution is 2.39. The van der Waals surface area contributed by atoms with Crippen LogP contribution in [0, 0.1) is 23.7 Å². The summed E-state index contributed by atoms with van der Waals surface area (Å²) in [5.74, 6) is 1.48. The lowest BCUT2D eigenvalue weighted by Gasteiger charge is -2.30. The zero-order valence-electron chi connectivity index (χ0n) is 43.0. The second-order valence-electron chi connectivity index (χ2n) is 20.7. The van der Waals surface area contributed by atoms with Gasteiger partial charge in [-0.25, -0.2) is 19.6 Å². The first kappa shape index (κ1) is 51.1. The molecule has 5 aromatic rings. The molecule has 378 valence electrons. The van der Waals surface area contributed by atoms with Crippen LogP contribution in [0.25, 0.3) is 39.2 Å². The zero-order valence-corrected chi connectivity index (χ0v) is 43.0. The highest BCUT2D eigenvalue weighted by atomic mass is 16.5. The van der Waals surface area contributed by atoms with E-state index < -0.39 is 24.3 Å². The molecule has 2 aliphatic carbocycles. The van der Waals surface area contributed by atoms with E-state index in [1.807, 2.05) is 49.9 Å². The maximum atomic E-state index is 13.8.